The Morgan fingerprint density at radius 1 is 1.17 bits per heavy atom. The van der Waals surface area contributed by atoms with Gasteiger partial charge in [-0.3, -0.25) is 4.79 Å². The first kappa shape index (κ1) is 29.6. The molecular weight excluding hydrogens is 205 g/mol. The van der Waals surface area contributed by atoms with Crippen molar-refractivity contribution in [3.8, 4) is 0 Å². The van der Waals surface area contributed by atoms with Gasteiger partial charge in [-0.25, -0.2) is 0 Å². The summed E-state index contributed by atoms with van der Waals surface area (Å²) in [7, 11) is 0. The third kappa shape index (κ3) is 32.2. The largest absolute Gasteiger partial charge is 0.481 e. The summed E-state index contributed by atoms with van der Waals surface area (Å²) in [5.74, 6) is -0.682. The Bertz CT molecular complexity index is 74.9. The fraction of sp³-hybridized carbons (Fsp3) is 0.556. The smallest absolute Gasteiger partial charge is 0.303 e. The molecule has 0 rings (SSSR count). The van der Waals surface area contributed by atoms with Crippen molar-refractivity contribution in [3.05, 3.63) is 22.3 Å². The minimum absolute atomic E-state index is 0. The molecule has 0 atom stereocenters. The first-order chi connectivity index (χ1) is 3.77. The minimum atomic E-state index is -0.682. The van der Waals surface area contributed by atoms with Crippen molar-refractivity contribution in [1.82, 2.24) is 0 Å². The van der Waals surface area contributed by atoms with Gasteiger partial charge in [0.1, 0.15) is 0 Å². The second-order valence-electron chi connectivity index (χ2n) is 1.85. The summed E-state index contributed by atoms with van der Waals surface area (Å²) in [5.41, 5.74) is 0. The molecule has 2 nitrogen and oxygen atoms in total. The Balaban J connectivity index is -0.0000000408. The Hall–Kier alpha value is 0.0934. The molecule has 0 aromatic carbocycles. The van der Waals surface area contributed by atoms with Crippen molar-refractivity contribution < 1.29 is 29.4 Å². The molecule has 0 saturated heterocycles. The molecule has 0 heterocycles. The molecule has 1 N–H and O–H groups in total. The molecule has 0 saturated carbocycles. The topological polar surface area (TPSA) is 37.3 Å². The van der Waals surface area contributed by atoms with Crippen LogP contribution < -0.4 is 0 Å². The molecule has 0 aliphatic carbocycles. The van der Waals surface area contributed by atoms with E-state index in [-0.39, 0.29) is 41.8 Å². The third-order valence-electron chi connectivity index (χ3n) is 0.994. The van der Waals surface area contributed by atoms with Crippen LogP contribution in [0.5, 0.6) is 0 Å². The zero-order valence-electron chi connectivity index (χ0n) is 8.89. The molecule has 0 unspecified atom stereocenters. The second kappa shape index (κ2) is 22.5. The van der Waals surface area contributed by atoms with E-state index in [4.69, 9.17) is 5.11 Å². The molecule has 74 valence electrons. The molecule has 0 aliphatic rings. The molecule has 0 aliphatic heterocycles. The molecule has 0 spiro atoms. The van der Waals surface area contributed by atoms with Gasteiger partial charge in [-0.1, -0.05) is 19.8 Å². The van der Waals surface area contributed by atoms with Gasteiger partial charge in [0.15, 0.2) is 0 Å². The molecule has 0 aromatic heterocycles. The Kier molecular flexibility index (Phi) is 55.4. The number of carbonyl (C=O) groups is 1. The quantitative estimate of drug-likeness (QED) is 0.455. The average molecular weight is 227 g/mol. The van der Waals surface area contributed by atoms with Crippen molar-refractivity contribution in [2.45, 2.75) is 32.6 Å². The van der Waals surface area contributed by atoms with E-state index >= 15 is 0 Å². The fourth-order valence-corrected chi connectivity index (χ4v) is 0.526. The summed E-state index contributed by atoms with van der Waals surface area (Å²) >= 11 is 0. The van der Waals surface area contributed by atoms with E-state index in [1.165, 1.54) is 0 Å². The van der Waals surface area contributed by atoms with Gasteiger partial charge in [0, 0.05) is 25.9 Å². The summed E-state index contributed by atoms with van der Waals surface area (Å²) in [6.45, 7) is 2.06. The van der Waals surface area contributed by atoms with E-state index in [0.717, 1.165) is 19.3 Å². The van der Waals surface area contributed by atoms with Gasteiger partial charge < -0.3 is 27.4 Å². The minimum Gasteiger partial charge on any atom is -0.481 e. The van der Waals surface area contributed by atoms with E-state index < -0.39 is 5.97 Å². The first-order valence-corrected chi connectivity index (χ1v) is 2.99. The van der Waals surface area contributed by atoms with Crippen molar-refractivity contribution in [2.24, 2.45) is 0 Å². The number of unbranched alkanes of at least 4 members (excludes halogenated alkanes) is 2. The van der Waals surface area contributed by atoms with E-state index in [9.17, 15) is 4.79 Å². The molecule has 0 radical (unpaired) electrons. The maximum Gasteiger partial charge on any atom is 0.303 e. The first-order valence-electron chi connectivity index (χ1n) is 2.99. The maximum atomic E-state index is 9.87. The van der Waals surface area contributed by atoms with E-state index in [1.807, 2.05) is 0 Å². The molecule has 0 amide bonds. The summed E-state index contributed by atoms with van der Waals surface area (Å²) in [6.07, 6.45) is 3.28. The van der Waals surface area contributed by atoms with Crippen molar-refractivity contribution in [3.63, 3.8) is 0 Å². The molecule has 0 aromatic rings. The average Bonchev–Trinajstić information content (AvgIpc) is 1.66. The van der Waals surface area contributed by atoms with Crippen molar-refractivity contribution in [1.29, 1.82) is 0 Å². The van der Waals surface area contributed by atoms with E-state index in [0.29, 0.717) is 6.42 Å². The zero-order chi connectivity index (χ0) is 6.41. The summed E-state index contributed by atoms with van der Waals surface area (Å²) in [4.78, 5) is 9.87. The Morgan fingerprint density at radius 2 is 1.58 bits per heavy atom. The monoisotopic (exact) mass is 225 g/mol. The maximum absolute atomic E-state index is 9.87. The Morgan fingerprint density at radius 3 is 1.83 bits per heavy atom. The van der Waals surface area contributed by atoms with Crippen molar-refractivity contribution >= 4 is 5.97 Å². The second-order valence-corrected chi connectivity index (χ2v) is 1.85. The summed E-state index contributed by atoms with van der Waals surface area (Å²) < 4.78 is 0. The number of carboxylic acids is 1. The van der Waals surface area contributed by atoms with Gasteiger partial charge in [-0.15, -0.1) is 0 Å². The van der Waals surface area contributed by atoms with Crippen LogP contribution in [0, 0.1) is 22.3 Å². The predicted octanol–water partition coefficient (Wildman–Crippen LogP) is 3.00. The van der Waals surface area contributed by atoms with Crippen LogP contribution >= 0.6 is 0 Å². The van der Waals surface area contributed by atoms with Gasteiger partial charge in [0.05, 0.1) is 0 Å². The van der Waals surface area contributed by atoms with Gasteiger partial charge in [-0.05, 0) is 6.42 Å². The predicted molar refractivity (Wildman–Crippen MR) is 51.0 cm³/mol. The number of aliphatic carboxylic acids is 1. The van der Waals surface area contributed by atoms with Crippen LogP contribution in [0.4, 0.5) is 0 Å². The standard InChI is InChI=1S/C6H12O2.3CH3.Zn/c1-2-3-4-5-6(7)8;;;;/h2-5H2,1H3,(H,7,8);3*1H3;/q;3*-1;. The molecule has 12 heavy (non-hydrogen) atoms. The number of hydrogen-bond acceptors (Lipinski definition) is 1. The number of hydrogen-bond donors (Lipinski definition) is 1. The van der Waals surface area contributed by atoms with Gasteiger partial charge in [0.2, 0.25) is 0 Å². The van der Waals surface area contributed by atoms with Gasteiger partial charge in [0.25, 0.3) is 0 Å². The number of rotatable bonds is 4. The summed E-state index contributed by atoms with van der Waals surface area (Å²) in [6, 6.07) is 0. The normalized spacial score (nSPS) is 6.08. The molecule has 3 heteroatoms. The van der Waals surface area contributed by atoms with Gasteiger partial charge >= 0.3 is 5.97 Å². The van der Waals surface area contributed by atoms with E-state index in [1.54, 1.807) is 0 Å². The van der Waals surface area contributed by atoms with Crippen LogP contribution in [0.3, 0.4) is 0 Å². The molecule has 0 bridgehead atoms. The Labute approximate surface area is 90.5 Å². The fourth-order valence-electron chi connectivity index (χ4n) is 0.526. The molecular formula is C9H21O2Zn-3. The molecule has 0 fully saturated rings. The van der Waals surface area contributed by atoms with Crippen LogP contribution in [0.15, 0.2) is 0 Å². The SMILES string of the molecule is CCCCCC(=O)O.[CH3-].[CH3-].[CH3-].[Zn]. The van der Waals surface area contributed by atoms with Crippen LogP contribution in [0.25, 0.3) is 0 Å². The van der Waals surface area contributed by atoms with Crippen LogP contribution in [-0.2, 0) is 24.3 Å². The third-order valence-corrected chi connectivity index (χ3v) is 0.994. The van der Waals surface area contributed by atoms with E-state index in [2.05, 4.69) is 6.92 Å². The van der Waals surface area contributed by atoms with Crippen molar-refractivity contribution in [2.75, 3.05) is 0 Å². The zero-order valence-corrected chi connectivity index (χ0v) is 11.9. The number of carboxylic acid groups (broad SMARTS) is 1. The summed E-state index contributed by atoms with van der Waals surface area (Å²) in [5, 5.41) is 8.14. The van der Waals surface area contributed by atoms with Gasteiger partial charge in [-0.2, -0.15) is 0 Å². The van der Waals surface area contributed by atoms with Crippen LogP contribution in [0.1, 0.15) is 32.6 Å². The van der Waals surface area contributed by atoms with Crippen LogP contribution in [-0.4, -0.2) is 11.1 Å². The van der Waals surface area contributed by atoms with Crippen LogP contribution in [0.2, 0.25) is 0 Å².